The Labute approximate surface area is 153 Å². The molecule has 0 saturated heterocycles. The van der Waals surface area contributed by atoms with Gasteiger partial charge in [0.1, 0.15) is 10.7 Å². The zero-order valence-electron chi connectivity index (χ0n) is 14.5. The highest BCUT2D eigenvalue weighted by atomic mass is 35.5. The van der Waals surface area contributed by atoms with Gasteiger partial charge in [-0.25, -0.2) is 4.98 Å². The van der Waals surface area contributed by atoms with Crippen LogP contribution < -0.4 is 11.1 Å². The van der Waals surface area contributed by atoms with Crippen molar-refractivity contribution in [2.75, 3.05) is 11.9 Å². The van der Waals surface area contributed by atoms with E-state index in [0.717, 1.165) is 49.1 Å². The van der Waals surface area contributed by atoms with E-state index in [1.165, 1.54) is 5.56 Å². The Morgan fingerprint density at radius 3 is 2.80 bits per heavy atom. The van der Waals surface area contributed by atoms with Crippen LogP contribution in [-0.2, 0) is 6.54 Å². The zero-order valence-corrected chi connectivity index (χ0v) is 15.2. The number of hydrogen-bond donors (Lipinski definition) is 2. The molecule has 1 unspecified atom stereocenters. The summed E-state index contributed by atoms with van der Waals surface area (Å²) < 4.78 is 1.94. The van der Waals surface area contributed by atoms with Gasteiger partial charge in [0.05, 0.1) is 6.20 Å². The number of unbranched alkanes of at least 4 members (excludes halogenated alkanes) is 1. The first-order valence-corrected chi connectivity index (χ1v) is 9.13. The Morgan fingerprint density at radius 2 is 2.04 bits per heavy atom. The number of rotatable bonds is 8. The molecule has 3 N–H and O–H groups in total. The van der Waals surface area contributed by atoms with Crippen molar-refractivity contribution in [1.29, 1.82) is 0 Å². The van der Waals surface area contributed by atoms with Gasteiger partial charge in [0.15, 0.2) is 5.82 Å². The van der Waals surface area contributed by atoms with Crippen molar-refractivity contribution < 1.29 is 0 Å². The Balaban J connectivity index is 1.54. The van der Waals surface area contributed by atoms with Gasteiger partial charge in [0.2, 0.25) is 0 Å². The number of nitrogens with zero attached hydrogens (tertiary/aromatic N) is 3. The third-order valence-electron chi connectivity index (χ3n) is 4.35. The minimum absolute atomic E-state index is 0.0960. The Bertz CT molecular complexity index is 815. The molecule has 0 saturated carbocycles. The smallest absolute Gasteiger partial charge is 0.154 e. The maximum atomic E-state index is 6.24. The minimum Gasteiger partial charge on any atom is -0.368 e. The first-order chi connectivity index (χ1) is 12.2. The van der Waals surface area contributed by atoms with Crippen LogP contribution in [0.1, 0.15) is 37.8 Å². The third kappa shape index (κ3) is 4.30. The minimum atomic E-state index is 0.0960. The molecule has 1 aromatic carbocycles. The molecular weight excluding hydrogens is 334 g/mol. The van der Waals surface area contributed by atoms with Gasteiger partial charge in [0, 0.05) is 24.5 Å². The molecule has 0 radical (unpaired) electrons. The van der Waals surface area contributed by atoms with Crippen molar-refractivity contribution in [2.45, 2.75) is 38.8 Å². The number of aromatic nitrogens is 3. The summed E-state index contributed by atoms with van der Waals surface area (Å²) in [6, 6.07) is 12.2. The molecule has 0 bridgehead atoms. The van der Waals surface area contributed by atoms with Crippen molar-refractivity contribution in [1.82, 2.24) is 14.8 Å². The quantitative estimate of drug-likeness (QED) is 0.463. The summed E-state index contributed by atoms with van der Waals surface area (Å²) in [6.45, 7) is 3.70. The highest BCUT2D eigenvalue weighted by molar-refractivity contribution is 6.30. The molecule has 5 nitrogen and oxygen atoms in total. The summed E-state index contributed by atoms with van der Waals surface area (Å²) in [4.78, 5) is 4.43. The molecule has 3 rings (SSSR count). The molecule has 0 fully saturated rings. The summed E-state index contributed by atoms with van der Waals surface area (Å²) in [6.07, 6.45) is 4.88. The first-order valence-electron chi connectivity index (χ1n) is 8.75. The van der Waals surface area contributed by atoms with E-state index in [1.807, 2.05) is 35.1 Å². The molecule has 2 heterocycles. The largest absolute Gasteiger partial charge is 0.368 e. The molecule has 25 heavy (non-hydrogen) atoms. The fourth-order valence-corrected chi connectivity index (χ4v) is 3.21. The van der Waals surface area contributed by atoms with Gasteiger partial charge in [-0.3, -0.25) is 4.68 Å². The van der Waals surface area contributed by atoms with Gasteiger partial charge in [-0.15, -0.1) is 0 Å². The first kappa shape index (κ1) is 17.7. The average Bonchev–Trinajstić information content (AvgIpc) is 3.04. The topological polar surface area (TPSA) is 68.8 Å². The summed E-state index contributed by atoms with van der Waals surface area (Å²) in [5, 5.41) is 9.28. The van der Waals surface area contributed by atoms with Crippen LogP contribution in [0.15, 0.2) is 42.6 Å². The summed E-state index contributed by atoms with van der Waals surface area (Å²) in [7, 11) is 0. The lowest BCUT2D eigenvalue weighted by molar-refractivity contribution is 0.595. The number of anilines is 1. The number of nitrogens with one attached hydrogen (secondary N) is 1. The number of nitrogens with two attached hydrogens (primary N) is 1. The van der Waals surface area contributed by atoms with Crippen LogP contribution in [0.25, 0.3) is 10.9 Å². The van der Waals surface area contributed by atoms with Crippen LogP contribution in [0.2, 0.25) is 5.15 Å². The molecule has 2 aromatic heterocycles. The number of aryl methyl sites for hydroxylation is 1. The Kier molecular flexibility index (Phi) is 5.89. The Morgan fingerprint density at radius 1 is 1.24 bits per heavy atom. The lowest BCUT2D eigenvalue weighted by Gasteiger charge is -2.12. The second kappa shape index (κ2) is 8.32. The van der Waals surface area contributed by atoms with E-state index in [1.54, 1.807) is 0 Å². The van der Waals surface area contributed by atoms with Gasteiger partial charge in [-0.1, -0.05) is 41.9 Å². The van der Waals surface area contributed by atoms with Crippen molar-refractivity contribution in [2.24, 2.45) is 5.73 Å². The standard InChI is InChI=1S/C19H24ClN5/c1-2-25-18-15(13-23-25)12-17(20)24-19(18)22-11-7-6-10-16(21)14-8-4-3-5-9-14/h3-5,8-9,12-13,16H,2,6-7,10-11,21H2,1H3,(H,22,24). The van der Waals surface area contributed by atoms with Crippen LogP contribution in [0.3, 0.4) is 0 Å². The monoisotopic (exact) mass is 357 g/mol. The molecule has 1 atom stereocenters. The number of fused-ring (bicyclic) bond motifs is 1. The molecule has 0 spiro atoms. The molecule has 0 aliphatic heterocycles. The van der Waals surface area contributed by atoms with E-state index in [-0.39, 0.29) is 6.04 Å². The molecule has 6 heteroatoms. The highest BCUT2D eigenvalue weighted by Gasteiger charge is 2.10. The van der Waals surface area contributed by atoms with Crippen molar-refractivity contribution >= 4 is 28.3 Å². The highest BCUT2D eigenvalue weighted by Crippen LogP contribution is 2.25. The summed E-state index contributed by atoms with van der Waals surface area (Å²) in [5.41, 5.74) is 8.45. The van der Waals surface area contributed by atoms with Crippen LogP contribution in [-0.4, -0.2) is 21.3 Å². The summed E-state index contributed by atoms with van der Waals surface area (Å²) >= 11 is 6.12. The molecule has 132 valence electrons. The van der Waals surface area contributed by atoms with Crippen molar-refractivity contribution in [3.8, 4) is 0 Å². The average molecular weight is 358 g/mol. The zero-order chi connectivity index (χ0) is 17.6. The SMILES string of the molecule is CCn1ncc2cc(Cl)nc(NCCCCC(N)c3ccccc3)c21. The second-order valence-electron chi connectivity index (χ2n) is 6.13. The van der Waals surface area contributed by atoms with Gasteiger partial charge in [-0.2, -0.15) is 5.10 Å². The lowest BCUT2D eigenvalue weighted by atomic mass is 10.0. The molecule has 0 aliphatic rings. The fourth-order valence-electron chi connectivity index (χ4n) is 3.01. The molecular formula is C19H24ClN5. The predicted octanol–water partition coefficient (Wildman–Crippen LogP) is 4.39. The van der Waals surface area contributed by atoms with E-state index in [4.69, 9.17) is 17.3 Å². The van der Waals surface area contributed by atoms with E-state index in [9.17, 15) is 0 Å². The van der Waals surface area contributed by atoms with Gasteiger partial charge in [0.25, 0.3) is 0 Å². The maximum Gasteiger partial charge on any atom is 0.154 e. The maximum absolute atomic E-state index is 6.24. The molecule has 0 amide bonds. The second-order valence-corrected chi connectivity index (χ2v) is 6.52. The Hall–Kier alpha value is -2.11. The van der Waals surface area contributed by atoms with E-state index < -0.39 is 0 Å². The van der Waals surface area contributed by atoms with Gasteiger partial charge >= 0.3 is 0 Å². The van der Waals surface area contributed by atoms with Gasteiger partial charge in [-0.05, 0) is 37.8 Å². The molecule has 0 aliphatic carbocycles. The van der Waals surface area contributed by atoms with Crippen molar-refractivity contribution in [3.63, 3.8) is 0 Å². The predicted molar refractivity (Wildman–Crippen MR) is 104 cm³/mol. The van der Waals surface area contributed by atoms with Gasteiger partial charge < -0.3 is 11.1 Å². The van der Waals surface area contributed by atoms with Crippen LogP contribution >= 0.6 is 11.6 Å². The van der Waals surface area contributed by atoms with Crippen LogP contribution in [0, 0.1) is 0 Å². The summed E-state index contributed by atoms with van der Waals surface area (Å²) in [5.74, 6) is 0.800. The number of benzene rings is 1. The number of pyridine rings is 1. The van der Waals surface area contributed by atoms with E-state index >= 15 is 0 Å². The van der Waals surface area contributed by atoms with Crippen LogP contribution in [0.5, 0.6) is 0 Å². The van der Waals surface area contributed by atoms with Crippen molar-refractivity contribution in [3.05, 3.63) is 53.3 Å². The number of hydrogen-bond acceptors (Lipinski definition) is 4. The number of halogens is 1. The molecule has 3 aromatic rings. The normalized spacial score (nSPS) is 12.4. The van der Waals surface area contributed by atoms with E-state index in [2.05, 4.69) is 34.5 Å². The lowest BCUT2D eigenvalue weighted by Crippen LogP contribution is -2.11. The fraction of sp³-hybridized carbons (Fsp3) is 0.368. The van der Waals surface area contributed by atoms with Crippen LogP contribution in [0.4, 0.5) is 5.82 Å². The third-order valence-corrected chi connectivity index (χ3v) is 4.54. The van der Waals surface area contributed by atoms with E-state index in [0.29, 0.717) is 5.15 Å².